The topological polar surface area (TPSA) is 44.1 Å². The molecule has 0 unspecified atom stereocenters. The zero-order valence-corrected chi connectivity index (χ0v) is 18.0. The Morgan fingerprint density at radius 2 is 1.97 bits per heavy atom. The van der Waals surface area contributed by atoms with Gasteiger partial charge >= 0.3 is 0 Å². The van der Waals surface area contributed by atoms with Crippen molar-refractivity contribution in [1.82, 2.24) is 9.55 Å². The molecule has 7 heteroatoms. The van der Waals surface area contributed by atoms with Crippen LogP contribution in [0.1, 0.15) is 28.6 Å². The van der Waals surface area contributed by atoms with Gasteiger partial charge in [0.15, 0.2) is 5.06 Å². The van der Waals surface area contributed by atoms with Gasteiger partial charge in [-0.05, 0) is 35.4 Å². The lowest BCUT2D eigenvalue weighted by atomic mass is 9.98. The second kappa shape index (κ2) is 8.78. The summed E-state index contributed by atoms with van der Waals surface area (Å²) in [6.07, 6.45) is 9.72. The monoisotopic (exact) mass is 458 g/mol. The number of ether oxygens (including phenoxy) is 1. The van der Waals surface area contributed by atoms with E-state index >= 15 is 0 Å². The van der Waals surface area contributed by atoms with Crippen LogP contribution in [0.5, 0.6) is 0 Å². The van der Waals surface area contributed by atoms with Crippen molar-refractivity contribution in [3.05, 3.63) is 107 Å². The van der Waals surface area contributed by atoms with Crippen molar-refractivity contribution in [3.63, 3.8) is 0 Å². The molecule has 0 aliphatic heterocycles. The van der Waals surface area contributed by atoms with E-state index in [1.54, 1.807) is 35.2 Å². The summed E-state index contributed by atoms with van der Waals surface area (Å²) < 4.78 is 7.68. The highest BCUT2D eigenvalue weighted by Crippen LogP contribution is 2.37. The van der Waals surface area contributed by atoms with Crippen LogP contribution < -0.4 is 0 Å². The number of ketones is 1. The van der Waals surface area contributed by atoms with Crippen LogP contribution >= 0.6 is 34.8 Å². The number of rotatable bonds is 6. The number of alkyl halides is 1. The van der Waals surface area contributed by atoms with Crippen LogP contribution in [0.4, 0.5) is 0 Å². The number of benzene rings is 2. The summed E-state index contributed by atoms with van der Waals surface area (Å²) in [5.41, 5.74) is 2.42. The Balaban J connectivity index is 1.60. The highest BCUT2D eigenvalue weighted by molar-refractivity contribution is 6.37. The maximum atomic E-state index is 13.3. The number of allylic oxidation sites excluding steroid dienone is 2. The van der Waals surface area contributed by atoms with E-state index in [0.717, 1.165) is 11.1 Å². The van der Waals surface area contributed by atoms with Crippen LogP contribution in [0.25, 0.3) is 5.57 Å². The maximum absolute atomic E-state index is 13.3. The van der Waals surface area contributed by atoms with Crippen molar-refractivity contribution in [3.8, 4) is 0 Å². The van der Waals surface area contributed by atoms with Crippen LogP contribution in [0.15, 0.2) is 85.5 Å². The zero-order valence-electron chi connectivity index (χ0n) is 15.7. The molecule has 1 heterocycles. The van der Waals surface area contributed by atoms with Crippen molar-refractivity contribution in [2.45, 2.75) is 17.7 Å². The Bertz CT molecular complexity index is 1110. The molecule has 1 aromatic heterocycles. The fraction of sp³-hybridized carbons (Fsp3) is 0.130. The molecular formula is C23H17Cl3N2O2. The summed E-state index contributed by atoms with van der Waals surface area (Å²) in [5, 5.41) is -0.503. The number of hydrogen-bond donors (Lipinski definition) is 0. The fourth-order valence-corrected chi connectivity index (χ4v) is 3.92. The van der Waals surface area contributed by atoms with Gasteiger partial charge in [0.05, 0.1) is 11.3 Å². The van der Waals surface area contributed by atoms with E-state index in [4.69, 9.17) is 39.5 Å². The molecule has 0 amide bonds. The van der Waals surface area contributed by atoms with Crippen LogP contribution in [-0.4, -0.2) is 20.4 Å². The molecule has 1 aliphatic rings. The van der Waals surface area contributed by atoms with E-state index in [-0.39, 0.29) is 10.8 Å². The molecule has 2 aromatic carbocycles. The van der Waals surface area contributed by atoms with Gasteiger partial charge in [-0.3, -0.25) is 4.79 Å². The number of hydrogen-bond acceptors (Lipinski definition) is 3. The zero-order chi connectivity index (χ0) is 21.1. The Kier molecular flexibility index (Phi) is 6.11. The molecule has 0 saturated carbocycles. The van der Waals surface area contributed by atoms with Gasteiger partial charge in [0.25, 0.3) is 0 Å². The minimum Gasteiger partial charge on any atom is -0.324 e. The Morgan fingerprint density at radius 3 is 2.60 bits per heavy atom. The van der Waals surface area contributed by atoms with Gasteiger partial charge in [-0.25, -0.2) is 4.98 Å². The Morgan fingerprint density at radius 1 is 1.17 bits per heavy atom. The van der Waals surface area contributed by atoms with Crippen LogP contribution in [0, 0.1) is 0 Å². The van der Waals surface area contributed by atoms with Gasteiger partial charge in [0.1, 0.15) is 0 Å². The molecular weight excluding hydrogens is 443 g/mol. The van der Waals surface area contributed by atoms with Gasteiger partial charge in [0.2, 0.25) is 12.0 Å². The normalized spacial score (nSPS) is 19.4. The predicted octanol–water partition coefficient (Wildman–Crippen LogP) is 6.57. The third-order valence-corrected chi connectivity index (χ3v) is 5.66. The third-order valence-electron chi connectivity index (χ3n) is 4.74. The first-order chi connectivity index (χ1) is 14.5. The third kappa shape index (κ3) is 4.52. The van der Waals surface area contributed by atoms with Crippen molar-refractivity contribution >= 4 is 46.2 Å². The number of imidazole rings is 1. The first kappa shape index (κ1) is 20.9. The van der Waals surface area contributed by atoms with E-state index in [0.29, 0.717) is 17.0 Å². The van der Waals surface area contributed by atoms with Crippen LogP contribution in [0.2, 0.25) is 10.0 Å². The van der Waals surface area contributed by atoms with Gasteiger partial charge < -0.3 is 9.30 Å². The van der Waals surface area contributed by atoms with E-state index in [1.165, 1.54) is 12.4 Å². The number of aromatic nitrogens is 2. The number of halogens is 3. The molecule has 4 nitrogen and oxygen atoms in total. The number of carbonyl (C=O) groups is 1. The molecule has 0 radical (unpaired) electrons. The lowest BCUT2D eigenvalue weighted by molar-refractivity contribution is -0.0367. The number of carbonyl (C=O) groups excluding carboxylic acids is 1. The SMILES string of the molecule is O=C(c1ccc(Cl)cc1Cl)[C@@H](O[C@@]1(Cl)C=CC(c2ccccc2)=CC1)n1ccnc1. The van der Waals surface area contributed by atoms with Crippen molar-refractivity contribution in [1.29, 1.82) is 0 Å². The van der Waals surface area contributed by atoms with Gasteiger partial charge in [-0.1, -0.05) is 77.3 Å². The van der Waals surface area contributed by atoms with Crippen LogP contribution in [-0.2, 0) is 4.74 Å². The maximum Gasteiger partial charge on any atom is 0.214 e. The fourth-order valence-electron chi connectivity index (χ4n) is 3.20. The molecule has 0 saturated heterocycles. The predicted molar refractivity (Wildman–Crippen MR) is 120 cm³/mol. The van der Waals surface area contributed by atoms with Crippen molar-refractivity contribution in [2.24, 2.45) is 0 Å². The molecule has 2 atom stereocenters. The molecule has 152 valence electrons. The first-order valence-corrected chi connectivity index (χ1v) is 10.4. The summed E-state index contributed by atoms with van der Waals surface area (Å²) in [7, 11) is 0. The minimum absolute atomic E-state index is 0.246. The largest absolute Gasteiger partial charge is 0.324 e. The highest BCUT2D eigenvalue weighted by atomic mass is 35.5. The summed E-state index contributed by atoms with van der Waals surface area (Å²) in [6, 6.07) is 14.7. The highest BCUT2D eigenvalue weighted by Gasteiger charge is 2.35. The second-order valence-corrected chi connectivity index (χ2v) is 8.30. The van der Waals surface area contributed by atoms with Gasteiger partial charge in [0, 0.05) is 29.4 Å². The number of nitrogens with zero attached hydrogens (tertiary/aromatic N) is 2. The molecule has 0 bridgehead atoms. The Hall–Kier alpha value is -2.37. The van der Waals surface area contributed by atoms with Crippen LogP contribution in [0.3, 0.4) is 0 Å². The molecule has 3 aromatic rings. The average Bonchev–Trinajstić information content (AvgIpc) is 3.27. The van der Waals surface area contributed by atoms with Gasteiger partial charge in [-0.15, -0.1) is 0 Å². The average molecular weight is 460 g/mol. The smallest absolute Gasteiger partial charge is 0.214 e. The summed E-state index contributed by atoms with van der Waals surface area (Å²) >= 11 is 19.0. The van der Waals surface area contributed by atoms with Gasteiger partial charge in [-0.2, -0.15) is 0 Å². The minimum atomic E-state index is -1.19. The lowest BCUT2D eigenvalue weighted by Gasteiger charge is -2.31. The summed E-state index contributed by atoms with van der Waals surface area (Å²) in [6.45, 7) is 0. The lowest BCUT2D eigenvalue weighted by Crippen LogP contribution is -2.33. The molecule has 0 fully saturated rings. The van der Waals surface area contributed by atoms with E-state index in [1.807, 2.05) is 42.5 Å². The number of Topliss-reactive ketones (excluding diaryl/α,β-unsaturated/α-hetero) is 1. The van der Waals surface area contributed by atoms with Crippen molar-refractivity contribution in [2.75, 3.05) is 0 Å². The first-order valence-electron chi connectivity index (χ1n) is 9.23. The Labute approximate surface area is 189 Å². The second-order valence-electron chi connectivity index (χ2n) is 6.82. The molecule has 4 rings (SSSR count). The molecule has 0 N–H and O–H groups in total. The van der Waals surface area contributed by atoms with Crippen molar-refractivity contribution < 1.29 is 9.53 Å². The molecule has 1 aliphatic carbocycles. The standard InChI is InChI=1S/C23H17Cl3N2O2/c24-18-6-7-19(20(25)14-18)21(29)22(28-13-12-27-15-28)30-23(26)10-8-17(9-11-23)16-4-2-1-3-5-16/h1-10,12-15,22H,11H2/t22-,23+/m1/s1. The summed E-state index contributed by atoms with van der Waals surface area (Å²) in [4.78, 5) is 17.3. The molecule has 0 spiro atoms. The van der Waals surface area contributed by atoms with E-state index < -0.39 is 11.3 Å². The quantitative estimate of drug-likeness (QED) is 0.309. The molecule has 30 heavy (non-hydrogen) atoms. The van der Waals surface area contributed by atoms with E-state index in [9.17, 15) is 4.79 Å². The summed E-state index contributed by atoms with van der Waals surface area (Å²) in [5.74, 6) is -0.346. The van der Waals surface area contributed by atoms with E-state index in [2.05, 4.69) is 4.98 Å².